The van der Waals surface area contributed by atoms with Gasteiger partial charge in [0.25, 0.3) is 0 Å². The Bertz CT molecular complexity index is 284. The number of benzene rings is 1. The third-order valence-corrected chi connectivity index (χ3v) is 3.06. The molecule has 1 rings (SSSR count). The molecule has 0 amide bonds. The Morgan fingerprint density at radius 3 is 2.27 bits per heavy atom. The van der Waals surface area contributed by atoms with Crippen molar-refractivity contribution in [1.82, 2.24) is 4.90 Å². The summed E-state index contributed by atoms with van der Waals surface area (Å²) in [6, 6.07) is 8.57. The molecule has 0 radical (unpaired) electrons. The second-order valence-electron chi connectivity index (χ2n) is 3.55. The van der Waals surface area contributed by atoms with Crippen LogP contribution in [0.1, 0.15) is 18.7 Å². The number of hydrogen-bond acceptors (Lipinski definition) is 3. The van der Waals surface area contributed by atoms with Crippen LogP contribution in [0.4, 0.5) is 0 Å². The first-order valence-corrected chi connectivity index (χ1v) is 6.09. The average Bonchev–Trinajstić information content (AvgIpc) is 2.21. The first-order chi connectivity index (χ1) is 7.19. The Labute approximate surface area is 96.6 Å². The van der Waals surface area contributed by atoms with Gasteiger partial charge in [-0.2, -0.15) is 0 Å². The van der Waals surface area contributed by atoms with Crippen LogP contribution in [0.15, 0.2) is 29.2 Å². The third-order valence-electron chi connectivity index (χ3n) is 2.17. The minimum atomic E-state index is 0.0469. The van der Waals surface area contributed by atoms with E-state index in [1.165, 1.54) is 10.5 Å². The van der Waals surface area contributed by atoms with E-state index in [2.05, 4.69) is 36.1 Å². The Balaban J connectivity index is 2.77. The van der Waals surface area contributed by atoms with Crippen LogP contribution in [-0.2, 0) is 4.74 Å². The summed E-state index contributed by atoms with van der Waals surface area (Å²) < 4.78 is 5.42. The topological polar surface area (TPSA) is 12.5 Å². The van der Waals surface area contributed by atoms with Crippen molar-refractivity contribution in [3.8, 4) is 0 Å². The van der Waals surface area contributed by atoms with E-state index in [9.17, 15) is 0 Å². The van der Waals surface area contributed by atoms with Crippen molar-refractivity contribution in [3.63, 3.8) is 0 Å². The quantitative estimate of drug-likeness (QED) is 0.564. The maximum atomic E-state index is 5.42. The van der Waals surface area contributed by atoms with Crippen molar-refractivity contribution in [2.45, 2.75) is 18.0 Å². The summed E-state index contributed by atoms with van der Waals surface area (Å²) in [6.07, 6.45) is 0.0469. The molecule has 0 aliphatic rings. The first-order valence-electron chi connectivity index (χ1n) is 5.11. The molecular formula is C12H19NOS. The molecule has 0 aliphatic heterocycles. The van der Waals surface area contributed by atoms with Gasteiger partial charge in [0.05, 0.1) is 0 Å². The van der Waals surface area contributed by atoms with E-state index in [0.717, 1.165) is 5.75 Å². The van der Waals surface area contributed by atoms with Gasteiger partial charge in [0.15, 0.2) is 0 Å². The summed E-state index contributed by atoms with van der Waals surface area (Å²) in [6.45, 7) is 2.16. The summed E-state index contributed by atoms with van der Waals surface area (Å²) in [5, 5.41) is 0. The molecule has 0 heterocycles. The smallest absolute Gasteiger partial charge is 0.135 e. The molecule has 0 saturated carbocycles. The Morgan fingerprint density at radius 1 is 1.27 bits per heavy atom. The van der Waals surface area contributed by atoms with E-state index < -0.39 is 0 Å². The molecule has 0 bridgehead atoms. The van der Waals surface area contributed by atoms with Crippen LogP contribution < -0.4 is 0 Å². The van der Waals surface area contributed by atoms with Crippen LogP contribution >= 0.6 is 11.8 Å². The molecule has 0 aromatic heterocycles. The number of nitrogens with zero attached hydrogens (tertiary/aromatic N) is 1. The Morgan fingerprint density at radius 2 is 1.87 bits per heavy atom. The zero-order valence-corrected chi connectivity index (χ0v) is 10.7. The van der Waals surface area contributed by atoms with Gasteiger partial charge in [0.1, 0.15) is 6.23 Å². The standard InChI is InChI=1S/C12H19NOS/c1-5-15-11-8-6-10(7-9-11)12(14-4)13(2)3/h6-9,12H,5H2,1-4H3. The summed E-state index contributed by atoms with van der Waals surface area (Å²) in [4.78, 5) is 3.37. The molecule has 0 fully saturated rings. The number of hydrogen-bond donors (Lipinski definition) is 0. The van der Waals surface area contributed by atoms with Crippen LogP contribution in [0.25, 0.3) is 0 Å². The van der Waals surface area contributed by atoms with Gasteiger partial charge in [-0.25, -0.2) is 0 Å². The number of thioether (sulfide) groups is 1. The maximum Gasteiger partial charge on any atom is 0.135 e. The molecule has 2 nitrogen and oxygen atoms in total. The molecule has 0 spiro atoms. The molecule has 0 N–H and O–H groups in total. The fourth-order valence-electron chi connectivity index (χ4n) is 1.54. The second kappa shape index (κ2) is 6.16. The molecule has 84 valence electrons. The van der Waals surface area contributed by atoms with Gasteiger partial charge in [-0.05, 0) is 37.5 Å². The van der Waals surface area contributed by atoms with E-state index >= 15 is 0 Å². The van der Waals surface area contributed by atoms with Crippen LogP contribution in [-0.4, -0.2) is 31.9 Å². The summed E-state index contributed by atoms with van der Waals surface area (Å²) in [5.74, 6) is 1.11. The van der Waals surface area contributed by atoms with Gasteiger partial charge >= 0.3 is 0 Å². The molecule has 0 aliphatic carbocycles. The van der Waals surface area contributed by atoms with Crippen molar-refractivity contribution in [2.75, 3.05) is 27.0 Å². The van der Waals surface area contributed by atoms with E-state index in [1.807, 2.05) is 25.9 Å². The maximum absolute atomic E-state index is 5.42. The number of ether oxygens (including phenoxy) is 1. The molecule has 0 saturated heterocycles. The molecule has 15 heavy (non-hydrogen) atoms. The summed E-state index contributed by atoms with van der Waals surface area (Å²) in [7, 11) is 5.77. The van der Waals surface area contributed by atoms with Crippen LogP contribution in [0.5, 0.6) is 0 Å². The predicted molar refractivity (Wildman–Crippen MR) is 66.3 cm³/mol. The van der Waals surface area contributed by atoms with Gasteiger partial charge in [0, 0.05) is 12.0 Å². The fourth-order valence-corrected chi connectivity index (χ4v) is 2.20. The predicted octanol–water partition coefficient (Wildman–Crippen LogP) is 3.01. The van der Waals surface area contributed by atoms with Crippen molar-refractivity contribution in [2.24, 2.45) is 0 Å². The lowest BCUT2D eigenvalue weighted by atomic mass is 10.2. The van der Waals surface area contributed by atoms with Gasteiger partial charge in [-0.1, -0.05) is 19.1 Å². The van der Waals surface area contributed by atoms with Gasteiger partial charge in [0.2, 0.25) is 0 Å². The third kappa shape index (κ3) is 3.52. The number of methoxy groups -OCH3 is 1. The van der Waals surface area contributed by atoms with E-state index in [-0.39, 0.29) is 6.23 Å². The van der Waals surface area contributed by atoms with E-state index in [1.54, 1.807) is 7.11 Å². The minimum Gasteiger partial charge on any atom is -0.362 e. The average molecular weight is 225 g/mol. The van der Waals surface area contributed by atoms with Crippen molar-refractivity contribution in [3.05, 3.63) is 29.8 Å². The molecule has 3 heteroatoms. The van der Waals surface area contributed by atoms with Crippen molar-refractivity contribution < 1.29 is 4.74 Å². The van der Waals surface area contributed by atoms with E-state index in [0.29, 0.717) is 0 Å². The SMILES string of the molecule is CCSc1ccc(C(OC)N(C)C)cc1. The molecule has 1 unspecified atom stereocenters. The molecule has 1 aromatic rings. The minimum absolute atomic E-state index is 0.0469. The second-order valence-corrected chi connectivity index (χ2v) is 4.89. The van der Waals surface area contributed by atoms with Crippen molar-refractivity contribution in [1.29, 1.82) is 0 Å². The summed E-state index contributed by atoms with van der Waals surface area (Å²) in [5.41, 5.74) is 1.20. The van der Waals surface area contributed by atoms with Crippen LogP contribution in [0, 0.1) is 0 Å². The lowest BCUT2D eigenvalue weighted by molar-refractivity contribution is -0.00543. The molecule has 1 aromatic carbocycles. The van der Waals surface area contributed by atoms with Gasteiger partial charge in [-0.3, -0.25) is 4.90 Å². The Kier molecular flexibility index (Phi) is 5.15. The van der Waals surface area contributed by atoms with Gasteiger partial charge in [-0.15, -0.1) is 11.8 Å². The van der Waals surface area contributed by atoms with Crippen LogP contribution in [0.2, 0.25) is 0 Å². The molecular weight excluding hydrogens is 206 g/mol. The highest BCUT2D eigenvalue weighted by molar-refractivity contribution is 7.99. The largest absolute Gasteiger partial charge is 0.362 e. The lowest BCUT2D eigenvalue weighted by Crippen LogP contribution is -2.21. The van der Waals surface area contributed by atoms with Gasteiger partial charge < -0.3 is 4.74 Å². The number of rotatable bonds is 5. The fraction of sp³-hybridized carbons (Fsp3) is 0.500. The zero-order valence-electron chi connectivity index (χ0n) is 9.86. The monoisotopic (exact) mass is 225 g/mol. The van der Waals surface area contributed by atoms with Crippen molar-refractivity contribution >= 4 is 11.8 Å². The molecule has 1 atom stereocenters. The highest BCUT2D eigenvalue weighted by atomic mass is 32.2. The Hall–Kier alpha value is -0.510. The highest BCUT2D eigenvalue weighted by Gasteiger charge is 2.11. The first kappa shape index (κ1) is 12.6. The zero-order chi connectivity index (χ0) is 11.3. The van der Waals surface area contributed by atoms with E-state index in [4.69, 9.17) is 4.74 Å². The highest BCUT2D eigenvalue weighted by Crippen LogP contribution is 2.23. The van der Waals surface area contributed by atoms with Crippen LogP contribution in [0.3, 0.4) is 0 Å². The lowest BCUT2D eigenvalue weighted by Gasteiger charge is -2.23. The summed E-state index contributed by atoms with van der Waals surface area (Å²) >= 11 is 1.86. The normalized spacial score (nSPS) is 13.1.